The normalized spacial score (nSPS) is 10.7. The minimum Gasteiger partial charge on any atom is -0.466 e. The molecule has 36 heavy (non-hydrogen) atoms. The van der Waals surface area contributed by atoms with E-state index in [-0.39, 0.29) is 30.5 Å². The van der Waals surface area contributed by atoms with Crippen LogP contribution >= 0.6 is 0 Å². The second-order valence-corrected chi connectivity index (χ2v) is 8.28. The van der Waals surface area contributed by atoms with Crippen LogP contribution in [0.5, 0.6) is 0 Å². The van der Waals surface area contributed by atoms with E-state index in [0.29, 0.717) is 29.9 Å². The molecule has 0 aliphatic rings. The summed E-state index contributed by atoms with van der Waals surface area (Å²) >= 11 is 0. The third-order valence-corrected chi connectivity index (χ3v) is 5.94. The van der Waals surface area contributed by atoms with Crippen LogP contribution in [0.4, 0.5) is 5.69 Å². The molecule has 2 aromatic heterocycles. The summed E-state index contributed by atoms with van der Waals surface area (Å²) in [5.41, 5.74) is 4.01. The molecular weight excluding hydrogens is 454 g/mol. The maximum atomic E-state index is 13.5. The first-order valence-corrected chi connectivity index (χ1v) is 11.8. The van der Waals surface area contributed by atoms with Crippen molar-refractivity contribution in [2.24, 2.45) is 7.05 Å². The number of aromatic nitrogens is 3. The minimum absolute atomic E-state index is 0.0831. The van der Waals surface area contributed by atoms with Crippen LogP contribution in [0.3, 0.4) is 0 Å². The van der Waals surface area contributed by atoms with E-state index in [1.165, 1.54) is 0 Å². The molecule has 0 aliphatic heterocycles. The molecule has 0 unspecified atom stereocenters. The van der Waals surface area contributed by atoms with E-state index in [4.69, 9.17) is 10.00 Å². The van der Waals surface area contributed by atoms with E-state index in [1.807, 2.05) is 72.3 Å². The first-order chi connectivity index (χ1) is 17.5. The van der Waals surface area contributed by atoms with Crippen molar-refractivity contribution in [3.8, 4) is 6.07 Å². The number of rotatable bonds is 9. The van der Waals surface area contributed by atoms with Crippen LogP contribution in [0.2, 0.25) is 0 Å². The fourth-order valence-corrected chi connectivity index (χ4v) is 4.00. The van der Waals surface area contributed by atoms with E-state index >= 15 is 0 Å². The molecule has 182 valence electrons. The van der Waals surface area contributed by atoms with Gasteiger partial charge in [-0.25, -0.2) is 9.97 Å². The summed E-state index contributed by atoms with van der Waals surface area (Å²) in [5, 5.41) is 8.97. The number of hydrogen-bond acceptors (Lipinski definition) is 6. The second kappa shape index (κ2) is 11.3. The molecule has 4 aromatic rings. The third kappa shape index (κ3) is 5.58. The summed E-state index contributed by atoms with van der Waals surface area (Å²) in [6.45, 7) is 2.23. The van der Waals surface area contributed by atoms with Crippen LogP contribution < -0.4 is 4.90 Å². The maximum Gasteiger partial charge on any atom is 0.307 e. The summed E-state index contributed by atoms with van der Waals surface area (Å²) in [6, 6.07) is 22.4. The van der Waals surface area contributed by atoms with Gasteiger partial charge >= 0.3 is 5.97 Å². The monoisotopic (exact) mass is 481 g/mol. The quantitative estimate of drug-likeness (QED) is 0.332. The fourth-order valence-electron chi connectivity index (χ4n) is 4.00. The van der Waals surface area contributed by atoms with Crippen molar-refractivity contribution in [3.63, 3.8) is 0 Å². The zero-order valence-corrected chi connectivity index (χ0v) is 20.3. The lowest BCUT2D eigenvalue weighted by Gasteiger charge is -2.22. The lowest BCUT2D eigenvalue weighted by molar-refractivity contribution is -0.142. The molecule has 8 nitrogen and oxygen atoms in total. The molecule has 0 saturated heterocycles. The summed E-state index contributed by atoms with van der Waals surface area (Å²) in [6.07, 6.45) is 1.54. The molecule has 2 heterocycles. The van der Waals surface area contributed by atoms with E-state index in [9.17, 15) is 9.59 Å². The molecule has 4 rings (SSSR count). The van der Waals surface area contributed by atoms with Gasteiger partial charge in [0.15, 0.2) is 5.65 Å². The predicted molar refractivity (Wildman–Crippen MR) is 136 cm³/mol. The van der Waals surface area contributed by atoms with Gasteiger partial charge in [0.1, 0.15) is 11.5 Å². The molecule has 1 amide bonds. The van der Waals surface area contributed by atoms with Crippen molar-refractivity contribution < 1.29 is 14.3 Å². The van der Waals surface area contributed by atoms with Crippen LogP contribution in [0.25, 0.3) is 11.2 Å². The number of anilines is 1. The Morgan fingerprint density at radius 2 is 1.75 bits per heavy atom. The van der Waals surface area contributed by atoms with Gasteiger partial charge in [0.25, 0.3) is 5.91 Å². The number of para-hydroxylation sites is 1. The number of pyridine rings is 1. The summed E-state index contributed by atoms with van der Waals surface area (Å²) in [4.78, 5) is 36.2. The molecule has 8 heteroatoms. The average molecular weight is 482 g/mol. The molecular formula is C28H27N5O3. The second-order valence-electron chi connectivity index (χ2n) is 8.28. The van der Waals surface area contributed by atoms with Crippen LogP contribution in [-0.4, -0.2) is 39.6 Å². The molecule has 0 radical (unpaired) electrons. The van der Waals surface area contributed by atoms with Gasteiger partial charge in [-0.3, -0.25) is 9.59 Å². The highest BCUT2D eigenvalue weighted by Gasteiger charge is 2.21. The topological polar surface area (TPSA) is 101 Å². The molecule has 0 fully saturated rings. The third-order valence-electron chi connectivity index (χ3n) is 5.94. The van der Waals surface area contributed by atoms with E-state index in [0.717, 1.165) is 23.3 Å². The van der Waals surface area contributed by atoms with Gasteiger partial charge in [0.2, 0.25) is 0 Å². The Kier molecular flexibility index (Phi) is 7.71. The SMILES string of the molecule is CCOC(=O)CCN(C(=O)c1ccc2c(n1)nc(CCc1ccc(C#N)cc1)n2C)c1ccccc1. The molecule has 0 N–H and O–H groups in total. The molecule has 0 saturated carbocycles. The number of amides is 1. The Morgan fingerprint density at radius 1 is 1.00 bits per heavy atom. The first kappa shape index (κ1) is 24.6. The zero-order valence-electron chi connectivity index (χ0n) is 20.3. The summed E-state index contributed by atoms with van der Waals surface area (Å²) in [7, 11) is 1.93. The number of imidazole rings is 1. The fraction of sp³-hybridized carbons (Fsp3) is 0.250. The van der Waals surface area contributed by atoms with Gasteiger partial charge in [-0.2, -0.15) is 5.26 Å². The Labute approximate surface area is 209 Å². The molecule has 2 aromatic carbocycles. The Hall–Kier alpha value is -4.51. The first-order valence-electron chi connectivity index (χ1n) is 11.8. The number of fused-ring (bicyclic) bond motifs is 1. The van der Waals surface area contributed by atoms with Gasteiger partial charge < -0.3 is 14.2 Å². The number of nitrogens with zero attached hydrogens (tertiary/aromatic N) is 5. The van der Waals surface area contributed by atoms with Crippen molar-refractivity contribution in [1.29, 1.82) is 5.26 Å². The molecule has 0 aliphatic carbocycles. The number of benzene rings is 2. The average Bonchev–Trinajstić information content (AvgIpc) is 3.23. The lowest BCUT2D eigenvalue weighted by atomic mass is 10.1. The molecule has 0 bridgehead atoms. The minimum atomic E-state index is -0.355. The number of ether oxygens (including phenoxy) is 1. The number of nitriles is 1. The highest BCUT2D eigenvalue weighted by molar-refractivity contribution is 6.05. The number of aryl methyl sites for hydroxylation is 3. The van der Waals surface area contributed by atoms with E-state index in [2.05, 4.69) is 16.0 Å². The van der Waals surface area contributed by atoms with Crippen molar-refractivity contribution in [1.82, 2.24) is 14.5 Å². The predicted octanol–water partition coefficient (Wildman–Crippen LogP) is 4.23. The van der Waals surface area contributed by atoms with Crippen LogP contribution in [-0.2, 0) is 29.4 Å². The Bertz CT molecular complexity index is 1410. The summed E-state index contributed by atoms with van der Waals surface area (Å²) < 4.78 is 7.02. The number of carbonyl (C=O) groups is 2. The van der Waals surface area contributed by atoms with Gasteiger partial charge in [0, 0.05) is 25.7 Å². The van der Waals surface area contributed by atoms with E-state index in [1.54, 1.807) is 17.9 Å². The lowest BCUT2D eigenvalue weighted by Crippen LogP contribution is -2.33. The number of esters is 1. The Balaban J connectivity index is 1.55. The highest BCUT2D eigenvalue weighted by Crippen LogP contribution is 2.20. The van der Waals surface area contributed by atoms with Crippen LogP contribution in [0.15, 0.2) is 66.7 Å². The number of carbonyl (C=O) groups excluding carboxylic acids is 2. The highest BCUT2D eigenvalue weighted by atomic mass is 16.5. The molecule has 0 spiro atoms. The largest absolute Gasteiger partial charge is 0.466 e. The van der Waals surface area contributed by atoms with Crippen LogP contribution in [0, 0.1) is 11.3 Å². The summed E-state index contributed by atoms with van der Waals surface area (Å²) in [5.74, 6) is 0.192. The van der Waals surface area contributed by atoms with Gasteiger partial charge in [-0.05, 0) is 55.3 Å². The number of hydrogen-bond donors (Lipinski definition) is 0. The standard InChI is InChI=1S/C28H27N5O3/c1-3-36-26(34)17-18-33(22-7-5-4-6-8-22)28(35)23-14-15-24-27(30-23)31-25(32(24)2)16-13-20-9-11-21(19-29)12-10-20/h4-12,14-15H,3,13,16-18H2,1-2H3. The van der Waals surface area contributed by atoms with Gasteiger partial charge in [-0.1, -0.05) is 30.3 Å². The Morgan fingerprint density at radius 3 is 2.44 bits per heavy atom. The van der Waals surface area contributed by atoms with Crippen molar-refractivity contribution in [2.75, 3.05) is 18.1 Å². The van der Waals surface area contributed by atoms with Gasteiger partial charge in [0.05, 0.1) is 30.2 Å². The maximum absolute atomic E-state index is 13.5. The van der Waals surface area contributed by atoms with Crippen molar-refractivity contribution in [2.45, 2.75) is 26.2 Å². The molecule has 0 atom stereocenters. The smallest absolute Gasteiger partial charge is 0.307 e. The van der Waals surface area contributed by atoms with Crippen LogP contribution in [0.1, 0.15) is 40.8 Å². The zero-order chi connectivity index (χ0) is 25.5. The van der Waals surface area contributed by atoms with E-state index < -0.39 is 0 Å². The van der Waals surface area contributed by atoms with Crippen molar-refractivity contribution >= 4 is 28.7 Å². The van der Waals surface area contributed by atoms with Gasteiger partial charge in [-0.15, -0.1) is 0 Å². The van der Waals surface area contributed by atoms with Crippen molar-refractivity contribution in [3.05, 3.63) is 89.4 Å².